The third-order valence-electron chi connectivity index (χ3n) is 5.60. The Morgan fingerprint density at radius 2 is 1.80 bits per heavy atom. The maximum atomic E-state index is 12.6. The smallest absolute Gasteiger partial charge is 0.416 e. The fourth-order valence-electron chi connectivity index (χ4n) is 3.64. The molecule has 1 saturated heterocycles. The number of hydrogen-bond donors (Lipinski definition) is 2. The second-order valence-electron chi connectivity index (χ2n) is 7.64. The van der Waals surface area contributed by atoms with Gasteiger partial charge in [0.05, 0.1) is 13.4 Å². The monoisotopic (exact) mass is 446 g/mol. The van der Waals surface area contributed by atoms with Crippen molar-refractivity contribution in [3.63, 3.8) is 0 Å². The minimum Gasteiger partial charge on any atom is -0.481 e. The van der Waals surface area contributed by atoms with Crippen LogP contribution in [0.15, 0.2) is 24.3 Å². The third kappa shape index (κ3) is 5.98. The van der Waals surface area contributed by atoms with E-state index in [2.05, 4.69) is 4.72 Å². The van der Waals surface area contributed by atoms with Crippen LogP contribution in [0, 0.1) is 5.92 Å². The number of carboxylic acid groups (broad SMARTS) is 1. The predicted molar refractivity (Wildman–Crippen MR) is 107 cm³/mol. The second kappa shape index (κ2) is 9.70. The highest BCUT2D eigenvalue weighted by Crippen LogP contribution is 2.44. The lowest BCUT2D eigenvalue weighted by atomic mass is 9.56. The van der Waals surface area contributed by atoms with Gasteiger partial charge >= 0.3 is 12.1 Å². The van der Waals surface area contributed by atoms with Gasteiger partial charge in [-0.25, -0.2) is 0 Å². The normalized spacial score (nSPS) is 18.8. The number of carboxylic acids is 1. The summed E-state index contributed by atoms with van der Waals surface area (Å²) in [4.78, 5) is 11.7. The molecule has 1 unspecified atom stereocenters. The maximum absolute atomic E-state index is 12.6. The summed E-state index contributed by atoms with van der Waals surface area (Å²) >= 11 is 0. The Kier molecular flexibility index (Phi) is 7.98. The topological polar surface area (TPSA) is 86.7 Å². The van der Waals surface area contributed by atoms with E-state index in [1.807, 2.05) is 6.92 Å². The molecule has 0 saturated carbocycles. The molecule has 1 aliphatic heterocycles. The Balaban J connectivity index is 1.95. The lowest BCUT2D eigenvalue weighted by Gasteiger charge is -2.40. The first kappa shape index (κ1) is 24.7. The molecule has 6 nitrogen and oxygen atoms in total. The zero-order valence-electron chi connectivity index (χ0n) is 16.8. The van der Waals surface area contributed by atoms with Crippen LogP contribution in [-0.2, 0) is 27.7 Å². The largest absolute Gasteiger partial charge is 0.481 e. The van der Waals surface area contributed by atoms with Gasteiger partial charge in [-0.1, -0.05) is 31.9 Å². The van der Waals surface area contributed by atoms with E-state index in [4.69, 9.17) is 7.85 Å². The predicted octanol–water partition coefficient (Wildman–Crippen LogP) is 3.35. The number of unbranched alkanes of at least 4 members (excludes halogenated alkanes) is 1. The van der Waals surface area contributed by atoms with Crippen molar-refractivity contribution in [2.45, 2.75) is 57.1 Å². The molecule has 0 spiro atoms. The zero-order valence-corrected chi connectivity index (χ0v) is 17.6. The molecule has 30 heavy (non-hydrogen) atoms. The van der Waals surface area contributed by atoms with Crippen molar-refractivity contribution >= 4 is 24.0 Å². The van der Waals surface area contributed by atoms with Crippen LogP contribution in [0.25, 0.3) is 0 Å². The first-order chi connectivity index (χ1) is 13.9. The highest BCUT2D eigenvalue weighted by molar-refractivity contribution is 7.87. The van der Waals surface area contributed by atoms with E-state index in [0.29, 0.717) is 31.2 Å². The van der Waals surface area contributed by atoms with Gasteiger partial charge < -0.3 is 5.11 Å². The summed E-state index contributed by atoms with van der Waals surface area (Å²) in [6.45, 7) is 2.06. The van der Waals surface area contributed by atoms with Crippen LogP contribution in [0.5, 0.6) is 0 Å². The van der Waals surface area contributed by atoms with Crippen LogP contribution < -0.4 is 4.72 Å². The lowest BCUT2D eigenvalue weighted by Crippen LogP contribution is -2.47. The number of halogens is 3. The fraction of sp³-hybridized carbons (Fsp3) is 0.632. The van der Waals surface area contributed by atoms with E-state index in [0.717, 1.165) is 18.6 Å². The Labute approximate surface area is 176 Å². The molecule has 0 amide bonds. The number of piperidine rings is 1. The van der Waals surface area contributed by atoms with Gasteiger partial charge in [-0.05, 0) is 42.9 Å². The number of benzene rings is 1. The van der Waals surface area contributed by atoms with Crippen molar-refractivity contribution < 1.29 is 31.5 Å². The molecule has 2 N–H and O–H groups in total. The molecule has 1 fully saturated rings. The molecule has 1 aliphatic rings. The Morgan fingerprint density at radius 1 is 1.23 bits per heavy atom. The molecule has 1 aromatic carbocycles. The molecule has 0 aromatic heterocycles. The molecule has 1 aromatic rings. The van der Waals surface area contributed by atoms with Crippen molar-refractivity contribution in [1.29, 1.82) is 0 Å². The van der Waals surface area contributed by atoms with Gasteiger partial charge in [-0.15, -0.1) is 0 Å². The summed E-state index contributed by atoms with van der Waals surface area (Å²) in [5.74, 6) is -1.40. The van der Waals surface area contributed by atoms with E-state index in [9.17, 15) is 31.5 Å². The molecule has 0 aliphatic carbocycles. The average Bonchev–Trinajstić information content (AvgIpc) is 2.70. The number of alkyl halides is 3. The number of hydrogen-bond acceptors (Lipinski definition) is 3. The minimum atomic E-state index is -4.45. The van der Waals surface area contributed by atoms with Crippen LogP contribution in [0.3, 0.4) is 0 Å². The zero-order chi connectivity index (χ0) is 22.6. The first-order valence-corrected chi connectivity index (χ1v) is 11.3. The number of rotatable bonds is 9. The molecule has 2 radical (unpaired) electrons. The highest BCUT2D eigenvalue weighted by atomic mass is 32.2. The third-order valence-corrected chi connectivity index (χ3v) is 7.16. The van der Waals surface area contributed by atoms with Crippen molar-refractivity contribution in [1.82, 2.24) is 9.03 Å². The van der Waals surface area contributed by atoms with Gasteiger partial charge in [0.1, 0.15) is 0 Å². The highest BCUT2D eigenvalue weighted by Gasteiger charge is 2.42. The summed E-state index contributed by atoms with van der Waals surface area (Å²) in [5, 5.41) is 8.20. The Bertz CT molecular complexity index is 825. The molecule has 2 rings (SSSR count). The van der Waals surface area contributed by atoms with Gasteiger partial charge in [-0.3, -0.25) is 4.79 Å². The average molecular weight is 446 g/mol. The van der Waals surface area contributed by atoms with E-state index >= 15 is 0 Å². The Hall–Kier alpha value is -1.59. The number of nitrogens with one attached hydrogen (secondary N) is 1. The van der Waals surface area contributed by atoms with Crippen molar-refractivity contribution in [2.75, 3.05) is 13.1 Å². The summed E-state index contributed by atoms with van der Waals surface area (Å²) in [5.41, 5.74) is -0.407. The minimum absolute atomic E-state index is 0.130. The van der Waals surface area contributed by atoms with Crippen LogP contribution >= 0.6 is 0 Å². The summed E-state index contributed by atoms with van der Waals surface area (Å²) < 4.78 is 66.5. The first-order valence-electron chi connectivity index (χ1n) is 9.83. The second-order valence-corrected chi connectivity index (χ2v) is 9.40. The van der Waals surface area contributed by atoms with Gasteiger partial charge in [-0.2, -0.15) is 30.6 Å². The van der Waals surface area contributed by atoms with Crippen molar-refractivity contribution in [3.8, 4) is 0 Å². The van der Waals surface area contributed by atoms with E-state index in [1.54, 1.807) is 0 Å². The van der Waals surface area contributed by atoms with Gasteiger partial charge in [0.15, 0.2) is 0 Å². The summed E-state index contributed by atoms with van der Waals surface area (Å²) in [6, 6.07) is 4.25. The molecular formula is C19H26BF3N2O4S. The lowest BCUT2D eigenvalue weighted by molar-refractivity contribution is -0.143. The van der Waals surface area contributed by atoms with Crippen molar-refractivity contribution in [2.24, 2.45) is 5.92 Å². The van der Waals surface area contributed by atoms with Gasteiger partial charge in [0, 0.05) is 24.9 Å². The molecule has 11 heteroatoms. The van der Waals surface area contributed by atoms with E-state index in [1.165, 1.54) is 16.4 Å². The molecular weight excluding hydrogens is 420 g/mol. The van der Waals surface area contributed by atoms with E-state index in [-0.39, 0.29) is 25.6 Å². The molecule has 0 bridgehead atoms. The summed E-state index contributed by atoms with van der Waals surface area (Å²) in [7, 11) is 2.32. The number of carbonyl (C=O) groups is 1. The SMILES string of the molecule is [B]C(CCCC)(C(=O)O)C1CCN(S(=O)(=O)NCc2ccc(C(F)(F)F)cc2)CC1. The fourth-order valence-corrected chi connectivity index (χ4v) is 4.87. The quantitative estimate of drug-likeness (QED) is 0.570. The standard InChI is InChI=1S/C19H26BF3N2O4S/c1-2-3-10-18(20,17(26)27)15-8-11-25(12-9-15)30(28,29)24-13-14-4-6-16(7-5-14)19(21,22)23/h4-7,15,24H,2-3,8-13H2,1H3,(H,26,27). The van der Waals surface area contributed by atoms with Gasteiger partial charge in [0.2, 0.25) is 0 Å². The molecule has 166 valence electrons. The molecule has 1 atom stereocenters. The summed E-state index contributed by atoms with van der Waals surface area (Å²) in [6.07, 6.45) is -1.97. The molecule has 1 heterocycles. The van der Waals surface area contributed by atoms with E-state index < -0.39 is 33.2 Å². The number of nitrogens with zero attached hydrogens (tertiary/aromatic N) is 1. The number of aliphatic carboxylic acids is 1. The van der Waals surface area contributed by atoms with Crippen molar-refractivity contribution in [3.05, 3.63) is 35.4 Å². The maximum Gasteiger partial charge on any atom is 0.416 e. The van der Waals surface area contributed by atoms with Crippen LogP contribution in [0.1, 0.15) is 50.2 Å². The van der Waals surface area contributed by atoms with Gasteiger partial charge in [0.25, 0.3) is 10.2 Å². The Morgan fingerprint density at radius 3 is 2.27 bits per heavy atom. The van der Waals surface area contributed by atoms with Crippen LogP contribution in [0.4, 0.5) is 13.2 Å². The van der Waals surface area contributed by atoms with Crippen LogP contribution in [0.2, 0.25) is 5.31 Å². The van der Waals surface area contributed by atoms with Crippen LogP contribution in [-0.4, -0.2) is 44.7 Å².